The van der Waals surface area contributed by atoms with Gasteiger partial charge in [-0.2, -0.15) is 0 Å². The van der Waals surface area contributed by atoms with Gasteiger partial charge in [-0.05, 0) is 116 Å². The van der Waals surface area contributed by atoms with Crippen molar-refractivity contribution in [1.29, 1.82) is 0 Å². The van der Waals surface area contributed by atoms with Crippen LogP contribution in [0.15, 0.2) is 243 Å². The Balaban J connectivity index is 0.964. The van der Waals surface area contributed by atoms with Crippen LogP contribution in [0.2, 0.25) is 0 Å². The van der Waals surface area contributed by atoms with E-state index in [0.29, 0.717) is 5.82 Å². The first-order chi connectivity index (χ1) is 32.7. The Morgan fingerprint density at radius 1 is 0.212 bits per heavy atom. The van der Waals surface area contributed by atoms with Crippen LogP contribution in [0.1, 0.15) is 0 Å². The molecule has 0 atom stereocenters. The highest BCUT2D eigenvalue weighted by atomic mass is 14.9. The second-order valence-corrected chi connectivity index (χ2v) is 17.2. The summed E-state index contributed by atoms with van der Waals surface area (Å²) in [6.07, 6.45) is 0. The molecule has 0 saturated heterocycles. The smallest absolute Gasteiger partial charge is 0.160 e. The average Bonchev–Trinajstić information content (AvgIpc) is 3.39. The molecule has 2 nitrogen and oxygen atoms in total. The monoisotopic (exact) mass is 836 g/mol. The minimum absolute atomic E-state index is 0.682. The summed E-state index contributed by atoms with van der Waals surface area (Å²) < 4.78 is 0. The highest BCUT2D eigenvalue weighted by Gasteiger charge is 2.18. The predicted molar refractivity (Wildman–Crippen MR) is 280 cm³/mol. The molecule has 0 N–H and O–H groups in total. The SMILES string of the molecule is c1ccc(-c2ccccc2-c2cc(-c3ccc(-c4c5ccccc5cc5c4ccc4ccccc45)cc3)nc(-c3ccc(-c4c5ccccc5cc5c4ccc4ccccc45)cc3)n2)cc1. The Kier molecular flexibility index (Phi) is 8.89. The summed E-state index contributed by atoms with van der Waals surface area (Å²) in [5, 5.41) is 15.0. The van der Waals surface area contributed by atoms with Gasteiger partial charge in [-0.25, -0.2) is 9.97 Å². The molecule has 0 radical (unpaired) electrons. The maximum Gasteiger partial charge on any atom is 0.160 e. The van der Waals surface area contributed by atoms with E-state index >= 15 is 0 Å². The highest BCUT2D eigenvalue weighted by Crippen LogP contribution is 2.42. The fourth-order valence-electron chi connectivity index (χ4n) is 10.3. The van der Waals surface area contributed by atoms with Crippen molar-refractivity contribution >= 4 is 64.6 Å². The lowest BCUT2D eigenvalue weighted by molar-refractivity contribution is 1.18. The van der Waals surface area contributed by atoms with Crippen molar-refractivity contribution in [2.24, 2.45) is 0 Å². The first-order valence-electron chi connectivity index (χ1n) is 22.6. The molecule has 2 heteroatoms. The summed E-state index contributed by atoms with van der Waals surface area (Å²) in [5.41, 5.74) is 11.9. The van der Waals surface area contributed by atoms with Gasteiger partial charge in [0.1, 0.15) is 0 Å². The molecular weight excluding hydrogens is 797 g/mol. The molecule has 12 aromatic carbocycles. The van der Waals surface area contributed by atoms with Crippen LogP contribution < -0.4 is 0 Å². The van der Waals surface area contributed by atoms with E-state index in [1.165, 1.54) is 81.3 Å². The lowest BCUT2D eigenvalue weighted by atomic mass is 9.89. The number of fused-ring (bicyclic) bond motifs is 8. The zero-order valence-electron chi connectivity index (χ0n) is 36.0. The quantitative estimate of drug-likeness (QED) is 0.123. The molecule has 0 fully saturated rings. The van der Waals surface area contributed by atoms with Crippen LogP contribution in [-0.4, -0.2) is 9.97 Å². The molecule has 0 bridgehead atoms. The van der Waals surface area contributed by atoms with E-state index in [9.17, 15) is 0 Å². The zero-order valence-corrected chi connectivity index (χ0v) is 36.0. The summed E-state index contributed by atoms with van der Waals surface area (Å²) in [6, 6.07) is 87.7. The van der Waals surface area contributed by atoms with Crippen molar-refractivity contribution in [3.05, 3.63) is 243 Å². The van der Waals surface area contributed by atoms with Crippen molar-refractivity contribution in [2.45, 2.75) is 0 Å². The van der Waals surface area contributed by atoms with Gasteiger partial charge in [0, 0.05) is 16.7 Å². The summed E-state index contributed by atoms with van der Waals surface area (Å²) in [6.45, 7) is 0. The standard InChI is InChI=1S/C64H40N2/c1-2-14-41(15-3-1)50-20-12-13-25-55(50)61-40-60(44-26-28-45(29-27-44)62-53-23-10-6-18-48(53)38-58-51-21-8-4-16-42(51)34-36-56(58)62)65-64(66-61)47-32-30-46(31-33-47)63-54-24-11-7-19-49(54)39-59-52-22-9-5-17-43(52)35-37-57(59)63/h1-40H. The number of hydrogen-bond acceptors (Lipinski definition) is 2. The van der Waals surface area contributed by atoms with Gasteiger partial charge in [0.25, 0.3) is 0 Å². The second-order valence-electron chi connectivity index (χ2n) is 17.2. The molecule has 306 valence electrons. The van der Waals surface area contributed by atoms with Crippen molar-refractivity contribution in [2.75, 3.05) is 0 Å². The van der Waals surface area contributed by atoms with Crippen LogP contribution in [0, 0.1) is 0 Å². The molecule has 0 aliphatic rings. The van der Waals surface area contributed by atoms with E-state index < -0.39 is 0 Å². The highest BCUT2D eigenvalue weighted by molar-refractivity contribution is 6.21. The summed E-state index contributed by atoms with van der Waals surface area (Å²) in [5.74, 6) is 0.682. The van der Waals surface area contributed by atoms with Gasteiger partial charge in [0.15, 0.2) is 5.82 Å². The molecule has 1 heterocycles. The fraction of sp³-hybridized carbons (Fsp3) is 0. The molecule has 0 aliphatic heterocycles. The van der Waals surface area contributed by atoms with Gasteiger partial charge in [-0.1, -0.05) is 224 Å². The third-order valence-corrected chi connectivity index (χ3v) is 13.5. The lowest BCUT2D eigenvalue weighted by Crippen LogP contribution is -1.97. The minimum Gasteiger partial charge on any atom is -0.228 e. The van der Waals surface area contributed by atoms with Crippen LogP contribution >= 0.6 is 0 Å². The Labute approximate surface area is 382 Å². The third kappa shape index (κ3) is 6.34. The number of hydrogen-bond donors (Lipinski definition) is 0. The van der Waals surface area contributed by atoms with E-state index in [1.807, 2.05) is 0 Å². The number of aromatic nitrogens is 2. The summed E-state index contributed by atoms with van der Waals surface area (Å²) >= 11 is 0. The molecular formula is C64H40N2. The lowest BCUT2D eigenvalue weighted by Gasteiger charge is -2.16. The van der Waals surface area contributed by atoms with E-state index in [-0.39, 0.29) is 0 Å². The van der Waals surface area contributed by atoms with E-state index in [0.717, 1.165) is 44.8 Å². The van der Waals surface area contributed by atoms with Crippen LogP contribution in [0.4, 0.5) is 0 Å². The zero-order chi connectivity index (χ0) is 43.6. The first kappa shape index (κ1) is 37.8. The van der Waals surface area contributed by atoms with E-state index in [1.54, 1.807) is 0 Å². The molecule has 1 aromatic heterocycles. The molecule has 0 saturated carbocycles. The number of rotatable bonds is 6. The topological polar surface area (TPSA) is 25.8 Å². The van der Waals surface area contributed by atoms with Gasteiger partial charge in [-0.15, -0.1) is 0 Å². The van der Waals surface area contributed by atoms with E-state index in [4.69, 9.17) is 9.97 Å². The van der Waals surface area contributed by atoms with Crippen molar-refractivity contribution in [3.8, 4) is 67.3 Å². The largest absolute Gasteiger partial charge is 0.228 e. The molecule has 13 rings (SSSR count). The van der Waals surface area contributed by atoms with Gasteiger partial charge in [0.05, 0.1) is 11.4 Å². The van der Waals surface area contributed by atoms with Gasteiger partial charge < -0.3 is 0 Å². The van der Waals surface area contributed by atoms with Crippen LogP contribution in [-0.2, 0) is 0 Å². The number of nitrogens with zero attached hydrogens (tertiary/aromatic N) is 2. The predicted octanol–water partition coefficient (Wildman–Crippen LogP) is 17.4. The second kappa shape index (κ2) is 15.5. The van der Waals surface area contributed by atoms with E-state index in [2.05, 4.69) is 243 Å². The molecule has 0 spiro atoms. The average molecular weight is 837 g/mol. The van der Waals surface area contributed by atoms with Crippen molar-refractivity contribution in [3.63, 3.8) is 0 Å². The number of benzene rings is 12. The molecule has 0 amide bonds. The van der Waals surface area contributed by atoms with Gasteiger partial charge >= 0.3 is 0 Å². The molecule has 0 unspecified atom stereocenters. The van der Waals surface area contributed by atoms with Crippen LogP contribution in [0.25, 0.3) is 132 Å². The first-order valence-corrected chi connectivity index (χ1v) is 22.6. The maximum absolute atomic E-state index is 5.37. The Morgan fingerprint density at radius 2 is 0.636 bits per heavy atom. The van der Waals surface area contributed by atoms with Crippen LogP contribution in [0.3, 0.4) is 0 Å². The normalized spacial score (nSPS) is 11.6. The Morgan fingerprint density at radius 3 is 1.20 bits per heavy atom. The summed E-state index contributed by atoms with van der Waals surface area (Å²) in [4.78, 5) is 10.7. The minimum atomic E-state index is 0.682. The fourth-order valence-corrected chi connectivity index (χ4v) is 10.3. The molecule has 0 aliphatic carbocycles. The third-order valence-electron chi connectivity index (χ3n) is 13.5. The van der Waals surface area contributed by atoms with Crippen molar-refractivity contribution < 1.29 is 0 Å². The van der Waals surface area contributed by atoms with Gasteiger partial charge in [0.2, 0.25) is 0 Å². The molecule has 66 heavy (non-hydrogen) atoms. The Hall–Kier alpha value is -8.72. The molecule has 13 aromatic rings. The Bertz CT molecular complexity index is 3800. The maximum atomic E-state index is 5.37. The van der Waals surface area contributed by atoms with Crippen LogP contribution in [0.5, 0.6) is 0 Å². The van der Waals surface area contributed by atoms with Gasteiger partial charge in [-0.3, -0.25) is 0 Å². The summed E-state index contributed by atoms with van der Waals surface area (Å²) in [7, 11) is 0. The van der Waals surface area contributed by atoms with Crippen molar-refractivity contribution in [1.82, 2.24) is 9.97 Å².